The molecule has 1 saturated carbocycles. The van der Waals surface area contributed by atoms with Gasteiger partial charge in [-0.3, -0.25) is 9.88 Å². The van der Waals surface area contributed by atoms with E-state index in [1.807, 2.05) is 6.07 Å². The third-order valence-corrected chi connectivity index (χ3v) is 3.18. The first-order valence-corrected chi connectivity index (χ1v) is 5.83. The minimum atomic E-state index is 0.536. The predicted octanol–water partition coefficient (Wildman–Crippen LogP) is 1.56. The smallest absolute Gasteiger partial charge is 0.0547 e. The Labute approximate surface area is 96.8 Å². The molecule has 4 nitrogen and oxygen atoms in total. The van der Waals surface area contributed by atoms with Gasteiger partial charge in [0.15, 0.2) is 0 Å². The van der Waals surface area contributed by atoms with Crippen molar-refractivity contribution in [2.24, 2.45) is 0 Å². The third kappa shape index (κ3) is 2.85. The number of nitrogens with zero attached hydrogens (tertiary/aromatic N) is 2. The van der Waals surface area contributed by atoms with Crippen LogP contribution in [0.4, 0.5) is 11.4 Å². The van der Waals surface area contributed by atoms with E-state index in [9.17, 15) is 0 Å². The summed E-state index contributed by atoms with van der Waals surface area (Å²) in [4.78, 5) is 6.49. The van der Waals surface area contributed by atoms with Crippen molar-refractivity contribution in [1.82, 2.24) is 9.88 Å². The normalized spacial score (nSPS) is 17.4. The van der Waals surface area contributed by atoms with Gasteiger partial charge in [-0.25, -0.2) is 0 Å². The van der Waals surface area contributed by atoms with Gasteiger partial charge in [0.1, 0.15) is 0 Å². The summed E-state index contributed by atoms with van der Waals surface area (Å²) in [6.07, 6.45) is 6.16. The van der Waals surface area contributed by atoms with Crippen LogP contribution >= 0.6 is 0 Å². The van der Waals surface area contributed by atoms with E-state index < -0.39 is 0 Å². The summed E-state index contributed by atoms with van der Waals surface area (Å²) >= 11 is 0. The lowest BCUT2D eigenvalue weighted by molar-refractivity contribution is 0.257. The van der Waals surface area contributed by atoms with Crippen molar-refractivity contribution >= 4 is 11.4 Å². The summed E-state index contributed by atoms with van der Waals surface area (Å²) in [5.74, 6) is 0. The maximum atomic E-state index is 5.67. The molecule has 0 amide bonds. The molecule has 0 aliphatic heterocycles. The Hall–Kier alpha value is -1.29. The number of likely N-dealkylation sites (N-methyl/N-ethyl adjacent to an activating group) is 1. The van der Waals surface area contributed by atoms with Crippen molar-refractivity contribution in [3.8, 4) is 0 Å². The van der Waals surface area contributed by atoms with Crippen LogP contribution in [0.2, 0.25) is 0 Å². The maximum Gasteiger partial charge on any atom is 0.0547 e. The Kier molecular flexibility index (Phi) is 3.29. The average molecular weight is 220 g/mol. The van der Waals surface area contributed by atoms with E-state index in [-0.39, 0.29) is 0 Å². The second kappa shape index (κ2) is 4.70. The van der Waals surface area contributed by atoms with Crippen LogP contribution in [-0.4, -0.2) is 35.6 Å². The Morgan fingerprint density at radius 1 is 1.56 bits per heavy atom. The molecule has 1 heterocycles. The van der Waals surface area contributed by atoms with Crippen molar-refractivity contribution in [3.05, 3.63) is 18.5 Å². The van der Waals surface area contributed by atoms with Gasteiger partial charge < -0.3 is 11.1 Å². The fourth-order valence-corrected chi connectivity index (χ4v) is 1.81. The van der Waals surface area contributed by atoms with Crippen molar-refractivity contribution in [1.29, 1.82) is 0 Å². The Morgan fingerprint density at radius 3 is 2.94 bits per heavy atom. The van der Waals surface area contributed by atoms with Crippen LogP contribution in [0.5, 0.6) is 0 Å². The maximum absolute atomic E-state index is 5.67. The number of hydrogen-bond donors (Lipinski definition) is 2. The Morgan fingerprint density at radius 2 is 2.31 bits per heavy atom. The molecule has 0 spiro atoms. The highest BCUT2D eigenvalue weighted by Gasteiger charge is 2.28. The first-order valence-electron chi connectivity index (χ1n) is 5.83. The van der Waals surface area contributed by atoms with Crippen LogP contribution in [0.3, 0.4) is 0 Å². The molecule has 1 aliphatic rings. The first kappa shape index (κ1) is 11.2. The van der Waals surface area contributed by atoms with Crippen LogP contribution in [0, 0.1) is 0 Å². The zero-order valence-corrected chi connectivity index (χ0v) is 9.98. The summed E-state index contributed by atoms with van der Waals surface area (Å²) in [5, 5.41) is 3.36. The molecule has 1 aromatic heterocycles. The van der Waals surface area contributed by atoms with E-state index in [0.29, 0.717) is 11.7 Å². The molecule has 2 rings (SSSR count). The van der Waals surface area contributed by atoms with E-state index in [4.69, 9.17) is 5.73 Å². The van der Waals surface area contributed by atoms with Crippen LogP contribution in [0.1, 0.15) is 19.8 Å². The largest absolute Gasteiger partial charge is 0.397 e. The molecule has 1 aromatic rings. The summed E-state index contributed by atoms with van der Waals surface area (Å²) < 4.78 is 0. The second-order valence-electron chi connectivity index (χ2n) is 4.63. The van der Waals surface area contributed by atoms with Crippen molar-refractivity contribution in [2.45, 2.75) is 31.8 Å². The van der Waals surface area contributed by atoms with E-state index in [1.165, 1.54) is 12.8 Å². The van der Waals surface area contributed by atoms with Gasteiger partial charge in [0, 0.05) is 24.8 Å². The minimum absolute atomic E-state index is 0.536. The summed E-state index contributed by atoms with van der Waals surface area (Å²) in [6.45, 7) is 3.17. The number of rotatable bonds is 5. The van der Waals surface area contributed by atoms with E-state index in [0.717, 1.165) is 18.3 Å². The number of nitrogens with two attached hydrogens (primary N) is 1. The van der Waals surface area contributed by atoms with Gasteiger partial charge in [0.2, 0.25) is 0 Å². The predicted molar refractivity (Wildman–Crippen MR) is 67.4 cm³/mol. The molecule has 0 radical (unpaired) electrons. The van der Waals surface area contributed by atoms with Gasteiger partial charge in [-0.05, 0) is 32.9 Å². The quantitative estimate of drug-likeness (QED) is 0.790. The van der Waals surface area contributed by atoms with E-state index >= 15 is 0 Å². The summed E-state index contributed by atoms with van der Waals surface area (Å²) in [5.41, 5.74) is 7.37. The van der Waals surface area contributed by atoms with E-state index in [2.05, 4.69) is 29.2 Å². The average Bonchev–Trinajstić information content (AvgIpc) is 3.09. The van der Waals surface area contributed by atoms with Gasteiger partial charge in [-0.1, -0.05) is 0 Å². The molecular formula is C12H20N4. The van der Waals surface area contributed by atoms with Crippen LogP contribution in [-0.2, 0) is 0 Å². The molecule has 88 valence electrons. The SMILES string of the molecule is CC(CNc1cncc(N)c1)N(C)C1CC1. The number of hydrogen-bond acceptors (Lipinski definition) is 4. The molecule has 1 aliphatic carbocycles. The molecule has 16 heavy (non-hydrogen) atoms. The number of nitrogens with one attached hydrogen (secondary N) is 1. The fourth-order valence-electron chi connectivity index (χ4n) is 1.81. The molecule has 1 atom stereocenters. The highest BCUT2D eigenvalue weighted by Crippen LogP contribution is 2.26. The topological polar surface area (TPSA) is 54.2 Å². The standard InChI is InChI=1S/C12H20N4/c1-9(16(2)12-3-4-12)6-15-11-5-10(13)7-14-8-11/h5,7-9,12,15H,3-4,6,13H2,1-2H3. The first-order chi connectivity index (χ1) is 7.66. The molecule has 0 aromatic carbocycles. The molecule has 4 heteroatoms. The van der Waals surface area contributed by atoms with Crippen molar-refractivity contribution < 1.29 is 0 Å². The van der Waals surface area contributed by atoms with Gasteiger partial charge in [0.25, 0.3) is 0 Å². The molecule has 3 N–H and O–H groups in total. The Bertz CT molecular complexity index is 349. The monoisotopic (exact) mass is 220 g/mol. The molecule has 1 fully saturated rings. The van der Waals surface area contributed by atoms with Gasteiger partial charge in [0.05, 0.1) is 17.6 Å². The lowest BCUT2D eigenvalue weighted by Gasteiger charge is -2.25. The number of aromatic nitrogens is 1. The van der Waals surface area contributed by atoms with Crippen LogP contribution in [0.25, 0.3) is 0 Å². The second-order valence-corrected chi connectivity index (χ2v) is 4.63. The third-order valence-electron chi connectivity index (χ3n) is 3.18. The van der Waals surface area contributed by atoms with Crippen LogP contribution in [0.15, 0.2) is 18.5 Å². The number of anilines is 2. The number of pyridine rings is 1. The highest BCUT2D eigenvalue weighted by atomic mass is 15.2. The lowest BCUT2D eigenvalue weighted by Crippen LogP contribution is -2.36. The molecular weight excluding hydrogens is 200 g/mol. The zero-order chi connectivity index (χ0) is 11.5. The molecule has 0 saturated heterocycles. The van der Waals surface area contributed by atoms with Gasteiger partial charge >= 0.3 is 0 Å². The lowest BCUT2D eigenvalue weighted by atomic mass is 10.2. The summed E-state index contributed by atoms with van der Waals surface area (Å²) in [6, 6.07) is 3.25. The van der Waals surface area contributed by atoms with E-state index in [1.54, 1.807) is 12.4 Å². The molecule has 1 unspecified atom stereocenters. The van der Waals surface area contributed by atoms with Crippen LogP contribution < -0.4 is 11.1 Å². The minimum Gasteiger partial charge on any atom is -0.397 e. The highest BCUT2D eigenvalue weighted by molar-refractivity contribution is 5.51. The zero-order valence-electron chi connectivity index (χ0n) is 9.98. The fraction of sp³-hybridized carbons (Fsp3) is 0.583. The van der Waals surface area contributed by atoms with Gasteiger partial charge in [-0.15, -0.1) is 0 Å². The molecule has 0 bridgehead atoms. The van der Waals surface area contributed by atoms with Crippen molar-refractivity contribution in [3.63, 3.8) is 0 Å². The Balaban J connectivity index is 1.82. The summed E-state index contributed by atoms with van der Waals surface area (Å²) in [7, 11) is 2.20. The number of nitrogen functional groups attached to an aromatic ring is 1. The van der Waals surface area contributed by atoms with Gasteiger partial charge in [-0.2, -0.15) is 0 Å². The van der Waals surface area contributed by atoms with Crippen molar-refractivity contribution in [2.75, 3.05) is 24.6 Å².